The highest BCUT2D eigenvalue weighted by Gasteiger charge is 2.22. The van der Waals surface area contributed by atoms with Gasteiger partial charge in [-0.1, -0.05) is 51.1 Å². The molecule has 4 rings (SSSR count). The molecule has 1 heterocycles. The summed E-state index contributed by atoms with van der Waals surface area (Å²) < 4.78 is 8.98. The molecule has 1 aliphatic carbocycles. The molecule has 0 N–H and O–H groups in total. The predicted octanol–water partition coefficient (Wildman–Crippen LogP) is 6.25. The van der Waals surface area contributed by atoms with Crippen LogP contribution >= 0.6 is 31.9 Å². The topological polar surface area (TPSA) is 56.5 Å². The van der Waals surface area contributed by atoms with Gasteiger partial charge < -0.3 is 4.74 Å². The normalized spacial score (nSPS) is 15.2. The second-order valence-electron chi connectivity index (χ2n) is 7.44. The Morgan fingerprint density at radius 1 is 1.13 bits per heavy atom. The summed E-state index contributed by atoms with van der Waals surface area (Å²) >= 11 is 6.96. The van der Waals surface area contributed by atoms with Gasteiger partial charge in [-0.15, -0.1) is 0 Å². The van der Waals surface area contributed by atoms with Crippen LogP contribution in [0, 0.1) is 0 Å². The van der Waals surface area contributed by atoms with Gasteiger partial charge in [0, 0.05) is 20.4 Å². The molecule has 5 nitrogen and oxygen atoms in total. The van der Waals surface area contributed by atoms with Gasteiger partial charge in [0.05, 0.1) is 23.7 Å². The van der Waals surface area contributed by atoms with Gasteiger partial charge in [-0.25, -0.2) is 4.98 Å². The Labute approximate surface area is 192 Å². The molecule has 0 atom stereocenters. The summed E-state index contributed by atoms with van der Waals surface area (Å²) in [6.45, 7) is 2.50. The zero-order valence-electron chi connectivity index (χ0n) is 16.8. The Balaban J connectivity index is 1.86. The maximum atomic E-state index is 13.4. The van der Waals surface area contributed by atoms with E-state index in [-0.39, 0.29) is 11.5 Å². The number of hydrogen-bond donors (Lipinski definition) is 0. The number of ether oxygens (including phenoxy) is 1. The van der Waals surface area contributed by atoms with Crippen LogP contribution in [0.15, 0.2) is 55.2 Å². The SMILES string of the molecule is CCOc1ccc(Br)cc1C=Nn1c(C2CCCCC2)nc2ccc(Br)cc2c1=O. The number of nitrogens with zero attached hydrogens (tertiary/aromatic N) is 3. The minimum atomic E-state index is -0.147. The second-order valence-corrected chi connectivity index (χ2v) is 9.27. The maximum Gasteiger partial charge on any atom is 0.282 e. The highest BCUT2D eigenvalue weighted by Crippen LogP contribution is 2.32. The lowest BCUT2D eigenvalue weighted by Gasteiger charge is -2.22. The molecule has 0 amide bonds. The highest BCUT2D eigenvalue weighted by atomic mass is 79.9. The minimum absolute atomic E-state index is 0.147. The van der Waals surface area contributed by atoms with Crippen molar-refractivity contribution >= 4 is 49.0 Å². The highest BCUT2D eigenvalue weighted by molar-refractivity contribution is 9.10. The third-order valence-corrected chi connectivity index (χ3v) is 6.37. The van der Waals surface area contributed by atoms with E-state index < -0.39 is 0 Å². The van der Waals surface area contributed by atoms with Gasteiger partial charge in [-0.3, -0.25) is 4.79 Å². The average molecular weight is 533 g/mol. The van der Waals surface area contributed by atoms with Crippen molar-refractivity contribution in [3.63, 3.8) is 0 Å². The first-order valence-electron chi connectivity index (χ1n) is 10.3. The van der Waals surface area contributed by atoms with Crippen molar-refractivity contribution < 1.29 is 4.74 Å². The lowest BCUT2D eigenvalue weighted by Crippen LogP contribution is -2.25. The molecule has 1 aliphatic rings. The largest absolute Gasteiger partial charge is 0.493 e. The van der Waals surface area contributed by atoms with Gasteiger partial charge in [0.15, 0.2) is 0 Å². The van der Waals surface area contributed by atoms with Crippen LogP contribution in [0.5, 0.6) is 5.75 Å². The molecule has 0 unspecified atom stereocenters. The smallest absolute Gasteiger partial charge is 0.282 e. The van der Waals surface area contributed by atoms with E-state index in [2.05, 4.69) is 37.0 Å². The molecule has 2 aromatic carbocycles. The standard InChI is InChI=1S/C23H23Br2N3O2/c1-2-30-21-11-9-17(24)12-16(21)14-26-28-22(15-6-4-3-5-7-15)27-20-10-8-18(25)13-19(20)23(28)29/h8-15H,2-7H2,1H3. The molecule has 7 heteroatoms. The van der Waals surface area contributed by atoms with E-state index in [1.165, 1.54) is 11.1 Å². The van der Waals surface area contributed by atoms with Crippen LogP contribution in [-0.4, -0.2) is 22.5 Å². The fourth-order valence-corrected chi connectivity index (χ4v) is 4.67. The summed E-state index contributed by atoms with van der Waals surface area (Å²) in [7, 11) is 0. The molecule has 1 fully saturated rings. The molecule has 3 aromatic rings. The first kappa shape index (κ1) is 21.2. The summed E-state index contributed by atoms with van der Waals surface area (Å²) in [4.78, 5) is 18.3. The van der Waals surface area contributed by atoms with Crippen LogP contribution in [0.2, 0.25) is 0 Å². The molecule has 0 aliphatic heterocycles. The number of aromatic nitrogens is 2. The molecule has 156 valence electrons. The molecule has 0 saturated heterocycles. The van der Waals surface area contributed by atoms with Crippen molar-refractivity contribution in [2.24, 2.45) is 5.10 Å². The molecule has 0 spiro atoms. The van der Waals surface area contributed by atoms with Gasteiger partial charge in [0.25, 0.3) is 5.56 Å². The van der Waals surface area contributed by atoms with Crippen LogP contribution in [-0.2, 0) is 0 Å². The number of rotatable bonds is 5. The molecule has 1 aromatic heterocycles. The maximum absolute atomic E-state index is 13.4. The zero-order chi connectivity index (χ0) is 21.1. The average Bonchev–Trinajstić information content (AvgIpc) is 2.76. The number of benzene rings is 2. The Morgan fingerprint density at radius 3 is 2.63 bits per heavy atom. The van der Waals surface area contributed by atoms with Crippen LogP contribution in [0.25, 0.3) is 10.9 Å². The number of halogens is 2. The van der Waals surface area contributed by atoms with E-state index in [9.17, 15) is 4.79 Å². The van der Waals surface area contributed by atoms with Crippen molar-refractivity contribution in [1.29, 1.82) is 0 Å². The van der Waals surface area contributed by atoms with Crippen molar-refractivity contribution in [3.05, 3.63) is 67.1 Å². The second kappa shape index (κ2) is 9.43. The zero-order valence-corrected chi connectivity index (χ0v) is 19.9. The Hall–Kier alpha value is -1.99. The van der Waals surface area contributed by atoms with Crippen molar-refractivity contribution in [3.8, 4) is 5.75 Å². The quantitative estimate of drug-likeness (QED) is 0.365. The van der Waals surface area contributed by atoms with Crippen LogP contribution < -0.4 is 10.3 Å². The van der Waals surface area contributed by atoms with E-state index in [0.29, 0.717) is 17.5 Å². The molecular formula is C23H23Br2N3O2. The van der Waals surface area contributed by atoms with Crippen LogP contribution in [0.3, 0.4) is 0 Å². The van der Waals surface area contributed by atoms with E-state index >= 15 is 0 Å². The summed E-state index contributed by atoms with van der Waals surface area (Å²) in [6.07, 6.45) is 7.30. The van der Waals surface area contributed by atoms with Gasteiger partial charge >= 0.3 is 0 Å². The van der Waals surface area contributed by atoms with Gasteiger partial charge in [-0.05, 0) is 56.2 Å². The van der Waals surface area contributed by atoms with Gasteiger partial charge in [0.2, 0.25) is 0 Å². The fraction of sp³-hybridized carbons (Fsp3) is 0.348. The molecule has 0 bridgehead atoms. The molecule has 30 heavy (non-hydrogen) atoms. The van der Waals surface area contributed by atoms with E-state index in [1.807, 2.05) is 43.3 Å². The summed E-state index contributed by atoms with van der Waals surface area (Å²) in [6, 6.07) is 11.4. The van der Waals surface area contributed by atoms with Gasteiger partial charge in [-0.2, -0.15) is 9.78 Å². The van der Waals surface area contributed by atoms with E-state index in [0.717, 1.165) is 51.8 Å². The summed E-state index contributed by atoms with van der Waals surface area (Å²) in [5.41, 5.74) is 1.38. The Bertz CT molecular complexity index is 1150. The van der Waals surface area contributed by atoms with Crippen molar-refractivity contribution in [2.45, 2.75) is 44.9 Å². The van der Waals surface area contributed by atoms with Crippen LogP contribution in [0.1, 0.15) is 56.3 Å². The lowest BCUT2D eigenvalue weighted by atomic mass is 9.88. The van der Waals surface area contributed by atoms with E-state index in [1.54, 1.807) is 6.21 Å². The van der Waals surface area contributed by atoms with E-state index in [4.69, 9.17) is 9.72 Å². The van der Waals surface area contributed by atoms with Gasteiger partial charge in [0.1, 0.15) is 11.6 Å². The minimum Gasteiger partial charge on any atom is -0.493 e. The van der Waals surface area contributed by atoms with Crippen molar-refractivity contribution in [2.75, 3.05) is 6.61 Å². The Morgan fingerprint density at radius 2 is 1.87 bits per heavy atom. The third-order valence-electron chi connectivity index (χ3n) is 5.39. The summed E-state index contributed by atoms with van der Waals surface area (Å²) in [5, 5.41) is 5.17. The first-order valence-corrected chi connectivity index (χ1v) is 11.8. The van der Waals surface area contributed by atoms with Crippen LogP contribution in [0.4, 0.5) is 0 Å². The molecular weight excluding hydrogens is 510 g/mol. The Kier molecular flexibility index (Phi) is 6.68. The number of fused-ring (bicyclic) bond motifs is 1. The summed E-state index contributed by atoms with van der Waals surface area (Å²) in [5.74, 6) is 1.72. The monoisotopic (exact) mass is 531 g/mol. The lowest BCUT2D eigenvalue weighted by molar-refractivity contribution is 0.339. The first-order chi connectivity index (χ1) is 14.6. The number of hydrogen-bond acceptors (Lipinski definition) is 4. The fourth-order valence-electron chi connectivity index (χ4n) is 3.93. The molecule has 0 radical (unpaired) electrons. The van der Waals surface area contributed by atoms with Crippen molar-refractivity contribution in [1.82, 2.24) is 9.66 Å². The predicted molar refractivity (Wildman–Crippen MR) is 128 cm³/mol. The molecule has 1 saturated carbocycles. The third kappa shape index (κ3) is 4.52.